The van der Waals surface area contributed by atoms with Crippen molar-refractivity contribution < 1.29 is 9.90 Å². The number of carboxylic acid groups (broad SMARTS) is 1. The summed E-state index contributed by atoms with van der Waals surface area (Å²) in [6, 6.07) is 0.610. The predicted octanol–water partition coefficient (Wildman–Crippen LogP) is 4.08. The van der Waals surface area contributed by atoms with Crippen LogP contribution in [0.2, 0.25) is 0 Å². The third-order valence-corrected chi connectivity index (χ3v) is 5.64. The van der Waals surface area contributed by atoms with Crippen molar-refractivity contribution in [3.63, 3.8) is 0 Å². The van der Waals surface area contributed by atoms with Crippen molar-refractivity contribution in [2.24, 2.45) is 17.8 Å². The second kappa shape index (κ2) is 10.1. The van der Waals surface area contributed by atoms with E-state index in [0.717, 1.165) is 32.5 Å². The lowest BCUT2D eigenvalue weighted by Crippen LogP contribution is -2.33. The van der Waals surface area contributed by atoms with Crippen LogP contribution >= 0.6 is 0 Å². The summed E-state index contributed by atoms with van der Waals surface area (Å²) in [4.78, 5) is 15.9. The van der Waals surface area contributed by atoms with Crippen LogP contribution in [0.25, 0.3) is 0 Å². The SMILES string of the molecule is C=C(C1CCN(C(C)C)C1)N(CCC)CCC(C)C(C)CC(=O)O. The smallest absolute Gasteiger partial charge is 0.303 e. The zero-order chi connectivity index (χ0) is 18.3. The van der Waals surface area contributed by atoms with Gasteiger partial charge in [-0.1, -0.05) is 27.4 Å². The highest BCUT2D eigenvalue weighted by Crippen LogP contribution is 2.28. The molecule has 4 nitrogen and oxygen atoms in total. The van der Waals surface area contributed by atoms with Gasteiger partial charge in [-0.15, -0.1) is 0 Å². The topological polar surface area (TPSA) is 43.8 Å². The number of carboxylic acids is 1. The first-order valence-corrected chi connectivity index (χ1v) is 9.65. The standard InChI is InChI=1S/C20H38N2O2/c1-7-10-21(11-8-16(4)17(5)13-20(23)24)18(6)19-9-12-22(14-19)15(2)3/h15-17,19H,6-14H2,1-5H3,(H,23,24). The molecule has 1 N–H and O–H groups in total. The van der Waals surface area contributed by atoms with Crippen LogP contribution in [0.3, 0.4) is 0 Å². The van der Waals surface area contributed by atoms with Crippen molar-refractivity contribution >= 4 is 5.97 Å². The Balaban J connectivity index is 2.54. The second-order valence-electron chi connectivity index (χ2n) is 7.89. The fourth-order valence-corrected chi connectivity index (χ4v) is 3.58. The molecule has 0 aliphatic carbocycles. The highest BCUT2D eigenvalue weighted by Gasteiger charge is 2.28. The van der Waals surface area contributed by atoms with Crippen LogP contribution in [0, 0.1) is 17.8 Å². The Morgan fingerprint density at radius 2 is 1.92 bits per heavy atom. The molecule has 4 heteroatoms. The van der Waals surface area contributed by atoms with Crippen molar-refractivity contribution in [2.45, 2.75) is 66.3 Å². The van der Waals surface area contributed by atoms with Gasteiger partial charge in [-0.3, -0.25) is 4.79 Å². The normalized spacial score (nSPS) is 21.0. The Bertz CT molecular complexity index is 408. The molecule has 0 radical (unpaired) electrons. The summed E-state index contributed by atoms with van der Waals surface area (Å²) in [5, 5.41) is 8.97. The average molecular weight is 339 g/mol. The average Bonchev–Trinajstić information content (AvgIpc) is 2.99. The zero-order valence-electron chi connectivity index (χ0n) is 16.4. The molecule has 24 heavy (non-hydrogen) atoms. The lowest BCUT2D eigenvalue weighted by atomic mass is 9.90. The van der Waals surface area contributed by atoms with Crippen molar-refractivity contribution in [2.75, 3.05) is 26.2 Å². The maximum Gasteiger partial charge on any atom is 0.303 e. The molecule has 0 amide bonds. The minimum Gasteiger partial charge on any atom is -0.481 e. The van der Waals surface area contributed by atoms with Gasteiger partial charge in [-0.2, -0.15) is 0 Å². The van der Waals surface area contributed by atoms with Gasteiger partial charge in [-0.25, -0.2) is 0 Å². The summed E-state index contributed by atoms with van der Waals surface area (Å²) in [6.07, 6.45) is 3.64. The zero-order valence-corrected chi connectivity index (χ0v) is 16.4. The Kier molecular flexibility index (Phi) is 8.82. The molecule has 0 saturated carbocycles. The Morgan fingerprint density at radius 1 is 1.25 bits per heavy atom. The van der Waals surface area contributed by atoms with Crippen LogP contribution in [0.1, 0.15) is 60.3 Å². The molecule has 0 bridgehead atoms. The van der Waals surface area contributed by atoms with E-state index in [0.29, 0.717) is 17.9 Å². The van der Waals surface area contributed by atoms with Crippen LogP contribution in [-0.2, 0) is 4.79 Å². The lowest BCUT2D eigenvalue weighted by Gasteiger charge is -2.32. The molecule has 0 spiro atoms. The van der Waals surface area contributed by atoms with E-state index in [9.17, 15) is 4.79 Å². The molecule has 1 aliphatic rings. The second-order valence-corrected chi connectivity index (χ2v) is 7.89. The summed E-state index contributed by atoms with van der Waals surface area (Å²) in [7, 11) is 0. The van der Waals surface area contributed by atoms with Gasteiger partial charge in [0.2, 0.25) is 0 Å². The van der Waals surface area contributed by atoms with E-state index in [4.69, 9.17) is 5.11 Å². The summed E-state index contributed by atoms with van der Waals surface area (Å²) >= 11 is 0. The molecule has 1 saturated heterocycles. The van der Waals surface area contributed by atoms with Gasteiger partial charge >= 0.3 is 5.97 Å². The van der Waals surface area contributed by atoms with Crippen molar-refractivity contribution in [3.8, 4) is 0 Å². The van der Waals surface area contributed by atoms with Crippen molar-refractivity contribution in [3.05, 3.63) is 12.3 Å². The van der Waals surface area contributed by atoms with Crippen LogP contribution < -0.4 is 0 Å². The first-order chi connectivity index (χ1) is 11.3. The third-order valence-electron chi connectivity index (χ3n) is 5.64. The molecule has 1 rings (SSSR count). The monoisotopic (exact) mass is 338 g/mol. The molecule has 0 aromatic rings. The molecule has 1 aliphatic heterocycles. The van der Waals surface area contributed by atoms with Gasteiger partial charge in [-0.05, 0) is 51.5 Å². The molecular weight excluding hydrogens is 300 g/mol. The van der Waals surface area contributed by atoms with E-state index in [2.05, 4.69) is 51.0 Å². The van der Waals surface area contributed by atoms with Gasteiger partial charge in [0.1, 0.15) is 0 Å². The summed E-state index contributed by atoms with van der Waals surface area (Å²) in [5.41, 5.74) is 1.29. The fourth-order valence-electron chi connectivity index (χ4n) is 3.58. The number of hydrogen-bond acceptors (Lipinski definition) is 3. The van der Waals surface area contributed by atoms with Crippen molar-refractivity contribution in [1.82, 2.24) is 9.80 Å². The van der Waals surface area contributed by atoms with Gasteiger partial charge in [0.15, 0.2) is 0 Å². The van der Waals surface area contributed by atoms with Crippen molar-refractivity contribution in [1.29, 1.82) is 0 Å². The minimum atomic E-state index is -0.691. The summed E-state index contributed by atoms with van der Waals surface area (Å²) in [5.74, 6) is 0.528. The van der Waals surface area contributed by atoms with E-state index in [-0.39, 0.29) is 12.3 Å². The molecule has 0 aromatic carbocycles. The lowest BCUT2D eigenvalue weighted by molar-refractivity contribution is -0.138. The number of nitrogens with zero attached hydrogens (tertiary/aromatic N) is 2. The van der Waals surface area contributed by atoms with Crippen LogP contribution in [0.15, 0.2) is 12.3 Å². The fraction of sp³-hybridized carbons (Fsp3) is 0.850. The van der Waals surface area contributed by atoms with Crippen LogP contribution in [0.4, 0.5) is 0 Å². The molecule has 0 aromatic heterocycles. The van der Waals surface area contributed by atoms with E-state index in [1.807, 2.05) is 0 Å². The highest BCUT2D eigenvalue weighted by molar-refractivity contribution is 5.66. The van der Waals surface area contributed by atoms with E-state index >= 15 is 0 Å². The molecule has 1 heterocycles. The number of aliphatic carboxylic acids is 1. The summed E-state index contributed by atoms with van der Waals surface area (Å²) < 4.78 is 0. The van der Waals surface area contributed by atoms with Crippen LogP contribution in [-0.4, -0.2) is 53.1 Å². The van der Waals surface area contributed by atoms with Gasteiger partial charge in [0.25, 0.3) is 0 Å². The molecule has 1 fully saturated rings. The van der Waals surface area contributed by atoms with Gasteiger partial charge < -0.3 is 14.9 Å². The van der Waals surface area contributed by atoms with Crippen LogP contribution in [0.5, 0.6) is 0 Å². The minimum absolute atomic E-state index is 0.224. The molecule has 140 valence electrons. The Hall–Kier alpha value is -1.03. The largest absolute Gasteiger partial charge is 0.481 e. The first-order valence-electron chi connectivity index (χ1n) is 9.65. The molecular formula is C20H38N2O2. The number of carbonyl (C=O) groups is 1. The predicted molar refractivity (Wildman–Crippen MR) is 101 cm³/mol. The van der Waals surface area contributed by atoms with E-state index in [1.54, 1.807) is 0 Å². The molecule has 3 unspecified atom stereocenters. The number of hydrogen-bond donors (Lipinski definition) is 1. The Morgan fingerprint density at radius 3 is 2.42 bits per heavy atom. The Labute approximate surface area is 148 Å². The maximum absolute atomic E-state index is 10.9. The maximum atomic E-state index is 10.9. The number of likely N-dealkylation sites (tertiary alicyclic amines) is 1. The summed E-state index contributed by atoms with van der Waals surface area (Å²) in [6.45, 7) is 19.7. The van der Waals surface area contributed by atoms with E-state index < -0.39 is 5.97 Å². The number of rotatable bonds is 11. The highest BCUT2D eigenvalue weighted by atomic mass is 16.4. The first kappa shape index (κ1) is 21.0. The molecule has 3 atom stereocenters. The van der Waals surface area contributed by atoms with E-state index in [1.165, 1.54) is 18.7 Å². The third kappa shape index (κ3) is 6.46. The van der Waals surface area contributed by atoms with Gasteiger partial charge in [0, 0.05) is 43.7 Å². The quantitative estimate of drug-likeness (QED) is 0.616. The van der Waals surface area contributed by atoms with Gasteiger partial charge in [0.05, 0.1) is 0 Å².